The Morgan fingerprint density at radius 3 is 2.15 bits per heavy atom. The van der Waals surface area contributed by atoms with E-state index in [0.717, 1.165) is 41.9 Å². The molecule has 7 aliphatic carbocycles. The summed E-state index contributed by atoms with van der Waals surface area (Å²) in [4.78, 5) is 0. The van der Waals surface area contributed by atoms with Gasteiger partial charge in [-0.15, -0.1) is 0 Å². The summed E-state index contributed by atoms with van der Waals surface area (Å²) in [6.07, 6.45) is 16.8. The molecule has 7 aliphatic rings. The molecule has 188 valence electrons. The van der Waals surface area contributed by atoms with Crippen molar-refractivity contribution in [1.29, 1.82) is 0 Å². The van der Waals surface area contributed by atoms with Gasteiger partial charge in [-0.3, -0.25) is 0 Å². The highest BCUT2D eigenvalue weighted by Gasteiger charge is 2.68. The van der Waals surface area contributed by atoms with Gasteiger partial charge in [0.05, 0.1) is 12.2 Å². The number of aliphatic hydroxyl groups excluding tert-OH is 2. The Morgan fingerprint density at radius 2 is 1.48 bits per heavy atom. The molecule has 0 saturated heterocycles. The summed E-state index contributed by atoms with van der Waals surface area (Å²) in [5.41, 5.74) is 2.25. The summed E-state index contributed by atoms with van der Waals surface area (Å²) < 4.78 is 0. The lowest BCUT2D eigenvalue weighted by molar-refractivity contribution is -0.222. The van der Waals surface area contributed by atoms with Crippen molar-refractivity contribution in [3.05, 3.63) is 0 Å². The summed E-state index contributed by atoms with van der Waals surface area (Å²) in [6.45, 7) is 12.5. The van der Waals surface area contributed by atoms with E-state index >= 15 is 0 Å². The van der Waals surface area contributed by atoms with Crippen molar-refractivity contribution in [2.24, 2.45) is 63.1 Å². The number of hydrogen-bond donors (Lipinski definition) is 2. The van der Waals surface area contributed by atoms with Gasteiger partial charge >= 0.3 is 0 Å². The minimum Gasteiger partial charge on any atom is -0.393 e. The van der Waals surface area contributed by atoms with Crippen LogP contribution in [0, 0.1) is 63.1 Å². The van der Waals surface area contributed by atoms with Gasteiger partial charge in [-0.25, -0.2) is 0 Å². The topological polar surface area (TPSA) is 40.5 Å². The molecule has 2 bridgehead atoms. The van der Waals surface area contributed by atoms with E-state index in [2.05, 4.69) is 34.6 Å². The largest absolute Gasteiger partial charge is 0.393 e. The smallest absolute Gasteiger partial charge is 0.0605 e. The van der Waals surface area contributed by atoms with Crippen molar-refractivity contribution in [3.63, 3.8) is 0 Å². The molecular weight excluding hydrogens is 404 g/mol. The first-order valence-electron chi connectivity index (χ1n) is 15.0. The SMILES string of the molecule is CC[C@@H]1C2C[C@H](O)CC[C@]2(C)C2CCC3(C)C(CC[C@@H]3[C@H](C)CC34CC(CC)(C3)C4)C2[C@@H]1O. The summed E-state index contributed by atoms with van der Waals surface area (Å²) in [7, 11) is 0. The van der Waals surface area contributed by atoms with Gasteiger partial charge < -0.3 is 10.2 Å². The maximum atomic E-state index is 11.9. The standard InChI is InChI=1S/C31H52O2/c1-6-21-25-14-20(32)10-12-29(25,5)24-11-13-28(4)22(8-9-23(28)26(24)27(21)33)19(3)15-31-16-30(7-2,17-31)18-31/h19-27,32-33H,6-18H2,1-5H3/t19-,20-,21-,22-,23?,24?,25?,26?,27-,28?,29-,30?,31?/m1/s1. The molecule has 0 heterocycles. The van der Waals surface area contributed by atoms with Crippen molar-refractivity contribution in [2.75, 3.05) is 0 Å². The summed E-state index contributed by atoms with van der Waals surface area (Å²) in [5, 5.41) is 22.4. The number of rotatable bonds is 5. The lowest BCUT2D eigenvalue weighted by Gasteiger charge is -2.72. The van der Waals surface area contributed by atoms with Crippen LogP contribution < -0.4 is 0 Å². The second-order valence-corrected chi connectivity index (χ2v) is 15.2. The molecular formula is C31H52O2. The minimum absolute atomic E-state index is 0.143. The molecule has 2 nitrogen and oxygen atoms in total. The van der Waals surface area contributed by atoms with Crippen molar-refractivity contribution in [1.82, 2.24) is 0 Å². The highest BCUT2D eigenvalue weighted by Crippen LogP contribution is 2.78. The van der Waals surface area contributed by atoms with Crippen LogP contribution in [0.5, 0.6) is 0 Å². The van der Waals surface area contributed by atoms with Gasteiger partial charge in [0, 0.05) is 0 Å². The molecule has 7 fully saturated rings. The van der Waals surface area contributed by atoms with E-state index in [0.29, 0.717) is 40.4 Å². The fourth-order valence-corrected chi connectivity index (χ4v) is 12.6. The maximum absolute atomic E-state index is 11.9. The van der Waals surface area contributed by atoms with E-state index in [4.69, 9.17) is 0 Å². The van der Waals surface area contributed by atoms with Gasteiger partial charge in [-0.2, -0.15) is 0 Å². The van der Waals surface area contributed by atoms with Crippen molar-refractivity contribution in [2.45, 2.75) is 130 Å². The summed E-state index contributed by atoms with van der Waals surface area (Å²) >= 11 is 0. The Morgan fingerprint density at radius 1 is 0.818 bits per heavy atom. The molecule has 0 spiro atoms. The third kappa shape index (κ3) is 3.04. The predicted molar refractivity (Wildman–Crippen MR) is 135 cm³/mol. The first-order valence-corrected chi connectivity index (χ1v) is 15.0. The third-order valence-electron chi connectivity index (χ3n) is 13.9. The summed E-state index contributed by atoms with van der Waals surface area (Å²) in [6, 6.07) is 0. The Hall–Kier alpha value is -0.0800. The van der Waals surface area contributed by atoms with E-state index < -0.39 is 0 Å². The van der Waals surface area contributed by atoms with Crippen LogP contribution in [0.4, 0.5) is 0 Å². The molecule has 7 saturated carbocycles. The summed E-state index contributed by atoms with van der Waals surface area (Å²) in [5.74, 6) is 4.49. The highest BCUT2D eigenvalue weighted by atomic mass is 16.3. The van der Waals surface area contributed by atoms with Gasteiger partial charge in [0.2, 0.25) is 0 Å². The molecule has 0 aliphatic heterocycles. The van der Waals surface area contributed by atoms with Crippen molar-refractivity contribution in [3.8, 4) is 0 Å². The predicted octanol–water partition coefficient (Wildman–Crippen LogP) is 7.22. The first-order chi connectivity index (χ1) is 15.6. The quantitative estimate of drug-likeness (QED) is 0.458. The van der Waals surface area contributed by atoms with Crippen LogP contribution in [0.3, 0.4) is 0 Å². The first kappa shape index (κ1) is 23.3. The minimum atomic E-state index is -0.149. The fraction of sp³-hybridized carbons (Fsp3) is 1.00. The molecule has 0 radical (unpaired) electrons. The molecule has 5 unspecified atom stereocenters. The molecule has 33 heavy (non-hydrogen) atoms. The van der Waals surface area contributed by atoms with E-state index in [9.17, 15) is 10.2 Å². The monoisotopic (exact) mass is 456 g/mol. The molecule has 7 rings (SSSR count). The Labute approximate surface area is 203 Å². The Balaban J connectivity index is 1.23. The average Bonchev–Trinajstić information content (AvgIpc) is 3.08. The zero-order chi connectivity index (χ0) is 23.4. The molecule has 2 N–H and O–H groups in total. The second-order valence-electron chi connectivity index (χ2n) is 15.2. The molecule has 0 aromatic rings. The molecule has 11 atom stereocenters. The zero-order valence-electron chi connectivity index (χ0n) is 22.3. The Kier molecular flexibility index (Phi) is 5.28. The molecule has 0 aromatic carbocycles. The van der Waals surface area contributed by atoms with E-state index in [-0.39, 0.29) is 12.2 Å². The van der Waals surface area contributed by atoms with Gasteiger partial charge in [0.15, 0.2) is 0 Å². The van der Waals surface area contributed by atoms with Crippen molar-refractivity contribution < 1.29 is 10.2 Å². The molecule has 2 heteroatoms. The lowest BCUT2D eigenvalue weighted by atomic mass is 9.32. The van der Waals surface area contributed by atoms with Gasteiger partial charge in [0.25, 0.3) is 0 Å². The van der Waals surface area contributed by atoms with E-state index in [1.807, 2.05) is 0 Å². The molecule has 0 amide bonds. The average molecular weight is 457 g/mol. The normalized spacial score (nSPS) is 60.1. The second kappa shape index (κ2) is 7.47. The third-order valence-corrected chi connectivity index (χ3v) is 13.9. The zero-order valence-corrected chi connectivity index (χ0v) is 22.3. The number of aliphatic hydroxyl groups is 2. The maximum Gasteiger partial charge on any atom is 0.0605 e. The van der Waals surface area contributed by atoms with Gasteiger partial charge in [-0.05, 0) is 134 Å². The van der Waals surface area contributed by atoms with Gasteiger partial charge in [0.1, 0.15) is 0 Å². The van der Waals surface area contributed by atoms with Crippen LogP contribution >= 0.6 is 0 Å². The van der Waals surface area contributed by atoms with Crippen LogP contribution in [0.1, 0.15) is 118 Å². The fourth-order valence-electron chi connectivity index (χ4n) is 12.6. The highest BCUT2D eigenvalue weighted by molar-refractivity contribution is 5.18. The lowest BCUT2D eigenvalue weighted by Crippen LogP contribution is -2.63. The van der Waals surface area contributed by atoms with Crippen LogP contribution in [-0.2, 0) is 0 Å². The van der Waals surface area contributed by atoms with Crippen LogP contribution in [0.2, 0.25) is 0 Å². The number of hydrogen-bond acceptors (Lipinski definition) is 2. The number of fused-ring (bicyclic) bond motifs is 5. The Bertz CT molecular complexity index is 755. The van der Waals surface area contributed by atoms with Crippen LogP contribution in [-0.4, -0.2) is 22.4 Å². The van der Waals surface area contributed by atoms with E-state index in [1.54, 1.807) is 0 Å². The van der Waals surface area contributed by atoms with Crippen LogP contribution in [0.15, 0.2) is 0 Å². The van der Waals surface area contributed by atoms with Crippen molar-refractivity contribution >= 4 is 0 Å². The molecule has 0 aromatic heterocycles. The van der Waals surface area contributed by atoms with Crippen LogP contribution in [0.25, 0.3) is 0 Å². The van der Waals surface area contributed by atoms with Gasteiger partial charge in [-0.1, -0.05) is 47.5 Å². The van der Waals surface area contributed by atoms with E-state index in [1.165, 1.54) is 64.2 Å².